The predicted molar refractivity (Wildman–Crippen MR) is 181 cm³/mol. The van der Waals surface area contributed by atoms with Gasteiger partial charge in [-0.05, 0) is 46.8 Å². The Bertz CT molecular complexity index is 1950. The third-order valence-corrected chi connectivity index (χ3v) is 10.5. The molecule has 1 saturated heterocycles. The smallest absolute Gasteiger partial charge is 0.202 e. The summed E-state index contributed by atoms with van der Waals surface area (Å²) in [5, 5.41) is 19.1. The minimum absolute atomic E-state index is 0.280. The standard InChI is InChI=1S/C32H36N10O2SSi/c1-46(2,3)19-18-44-22-41-31(37-38-39-41)26-10-8-24(20-33-26)30-27(21-45-29-11-9-23-6-4-5-7-25(23)35-29)36-32-28(12-13-34-42(30)32)40-14-16-43-17-15-40/h4-13,20H,14-19,21-22H2,1-3H3. The zero-order valence-corrected chi connectivity index (χ0v) is 28.0. The molecule has 1 aromatic carbocycles. The lowest BCUT2D eigenvalue weighted by Gasteiger charge is -2.28. The van der Waals surface area contributed by atoms with Gasteiger partial charge in [-0.15, -0.1) is 5.10 Å². The molecule has 0 saturated carbocycles. The summed E-state index contributed by atoms with van der Waals surface area (Å²) in [6, 6.07) is 19.4. The molecule has 5 aromatic heterocycles. The number of fused-ring (bicyclic) bond motifs is 2. The fourth-order valence-corrected chi connectivity index (χ4v) is 6.93. The second-order valence-corrected chi connectivity index (χ2v) is 19.0. The molecule has 1 aliphatic heterocycles. The monoisotopic (exact) mass is 652 g/mol. The molecule has 0 N–H and O–H groups in total. The lowest BCUT2D eigenvalue weighted by Crippen LogP contribution is -2.36. The van der Waals surface area contributed by atoms with Gasteiger partial charge < -0.3 is 14.4 Å². The third kappa shape index (κ3) is 6.65. The van der Waals surface area contributed by atoms with Gasteiger partial charge in [-0.2, -0.15) is 9.78 Å². The van der Waals surface area contributed by atoms with Crippen molar-refractivity contribution in [3.05, 3.63) is 72.7 Å². The number of benzene rings is 1. The average molecular weight is 653 g/mol. The summed E-state index contributed by atoms with van der Waals surface area (Å²) in [6.45, 7) is 10.9. The van der Waals surface area contributed by atoms with Crippen LogP contribution in [0.1, 0.15) is 5.69 Å². The number of morpholine rings is 1. The molecule has 236 valence electrons. The van der Waals surface area contributed by atoms with E-state index < -0.39 is 8.07 Å². The molecule has 6 aromatic rings. The number of thioether (sulfide) groups is 1. The van der Waals surface area contributed by atoms with Gasteiger partial charge in [0.25, 0.3) is 0 Å². The molecule has 1 aliphatic rings. The number of rotatable bonds is 11. The molecule has 0 amide bonds. The minimum Gasteiger partial charge on any atom is -0.378 e. The maximum atomic E-state index is 5.90. The molecule has 6 heterocycles. The van der Waals surface area contributed by atoms with Crippen molar-refractivity contribution in [2.75, 3.05) is 37.8 Å². The van der Waals surface area contributed by atoms with Gasteiger partial charge in [0, 0.05) is 50.7 Å². The van der Waals surface area contributed by atoms with E-state index in [1.54, 1.807) is 16.4 Å². The average Bonchev–Trinajstić information content (AvgIpc) is 3.70. The minimum atomic E-state index is -1.19. The van der Waals surface area contributed by atoms with E-state index in [1.165, 1.54) is 0 Å². The van der Waals surface area contributed by atoms with Crippen molar-refractivity contribution in [1.82, 2.24) is 44.8 Å². The second-order valence-electron chi connectivity index (χ2n) is 12.4. The van der Waals surface area contributed by atoms with E-state index in [-0.39, 0.29) is 6.73 Å². The van der Waals surface area contributed by atoms with Crippen LogP contribution < -0.4 is 4.90 Å². The lowest BCUT2D eigenvalue weighted by atomic mass is 10.1. The quantitative estimate of drug-likeness (QED) is 0.101. The number of hydrogen-bond donors (Lipinski definition) is 0. The lowest BCUT2D eigenvalue weighted by molar-refractivity contribution is 0.0783. The van der Waals surface area contributed by atoms with E-state index in [4.69, 9.17) is 29.5 Å². The van der Waals surface area contributed by atoms with Gasteiger partial charge in [-0.3, -0.25) is 4.98 Å². The Balaban J connectivity index is 1.20. The van der Waals surface area contributed by atoms with E-state index >= 15 is 0 Å². The molecule has 0 aliphatic carbocycles. The Hall–Kier alpha value is -4.24. The molecule has 7 rings (SSSR count). The van der Waals surface area contributed by atoms with Crippen LogP contribution in [-0.4, -0.2) is 85.8 Å². The Morgan fingerprint density at radius 2 is 1.85 bits per heavy atom. The molecule has 12 nitrogen and oxygen atoms in total. The number of pyridine rings is 2. The third-order valence-electron chi connectivity index (χ3n) is 7.86. The van der Waals surface area contributed by atoms with Gasteiger partial charge in [0.1, 0.15) is 12.4 Å². The SMILES string of the molecule is C[Si](C)(C)CCOCn1nnnc1-c1ccc(-c2c(CSc3ccc4ccccc4n3)nc3c(N4CCOCC4)ccnn23)cn1. The summed E-state index contributed by atoms with van der Waals surface area (Å²) in [6.07, 6.45) is 3.68. The largest absolute Gasteiger partial charge is 0.378 e. The summed E-state index contributed by atoms with van der Waals surface area (Å²) < 4.78 is 15.1. The molecular weight excluding hydrogens is 617 g/mol. The van der Waals surface area contributed by atoms with Crippen LogP contribution in [0.2, 0.25) is 25.7 Å². The van der Waals surface area contributed by atoms with Crippen LogP contribution in [0.15, 0.2) is 72.0 Å². The number of nitrogens with zero attached hydrogens (tertiary/aromatic N) is 10. The molecular formula is C32H36N10O2SSi. The van der Waals surface area contributed by atoms with Crippen molar-refractivity contribution < 1.29 is 9.47 Å². The number of imidazole rings is 1. The maximum absolute atomic E-state index is 5.90. The first kappa shape index (κ1) is 30.4. The van der Waals surface area contributed by atoms with Crippen LogP contribution >= 0.6 is 11.8 Å². The zero-order valence-electron chi connectivity index (χ0n) is 26.2. The Labute approximate surface area is 272 Å². The number of ether oxygens (including phenoxy) is 2. The highest BCUT2D eigenvalue weighted by atomic mass is 32.2. The number of aromatic nitrogens is 9. The Morgan fingerprint density at radius 1 is 0.978 bits per heavy atom. The topological polar surface area (TPSA) is 121 Å². The number of tetrazole rings is 1. The highest BCUT2D eigenvalue weighted by Gasteiger charge is 2.22. The van der Waals surface area contributed by atoms with E-state index in [0.29, 0.717) is 37.1 Å². The molecule has 0 radical (unpaired) electrons. The first-order valence-electron chi connectivity index (χ1n) is 15.4. The summed E-state index contributed by atoms with van der Waals surface area (Å²) in [5.74, 6) is 1.17. The van der Waals surface area contributed by atoms with Gasteiger partial charge in [-0.25, -0.2) is 14.5 Å². The highest BCUT2D eigenvalue weighted by Crippen LogP contribution is 2.33. The summed E-state index contributed by atoms with van der Waals surface area (Å²) in [5.41, 5.74) is 6.19. The molecule has 1 fully saturated rings. The van der Waals surface area contributed by atoms with Crippen LogP contribution in [0.3, 0.4) is 0 Å². The first-order chi connectivity index (χ1) is 22.4. The molecule has 0 unspecified atom stereocenters. The summed E-state index contributed by atoms with van der Waals surface area (Å²) in [4.78, 5) is 17.2. The number of hydrogen-bond acceptors (Lipinski definition) is 11. The van der Waals surface area contributed by atoms with Crippen molar-refractivity contribution in [2.24, 2.45) is 0 Å². The maximum Gasteiger partial charge on any atom is 0.202 e. The fourth-order valence-electron chi connectivity index (χ4n) is 5.36. The van der Waals surface area contributed by atoms with Gasteiger partial charge in [-0.1, -0.05) is 55.7 Å². The molecule has 14 heteroatoms. The van der Waals surface area contributed by atoms with Crippen LogP contribution in [0.25, 0.3) is 39.3 Å². The van der Waals surface area contributed by atoms with Crippen LogP contribution in [0, 0.1) is 0 Å². The van der Waals surface area contributed by atoms with Gasteiger partial charge in [0.05, 0.1) is 47.0 Å². The highest BCUT2D eigenvalue weighted by molar-refractivity contribution is 7.98. The van der Waals surface area contributed by atoms with E-state index in [2.05, 4.69) is 58.3 Å². The Kier molecular flexibility index (Phi) is 8.75. The van der Waals surface area contributed by atoms with Crippen molar-refractivity contribution >= 4 is 42.1 Å². The van der Waals surface area contributed by atoms with E-state index in [9.17, 15) is 0 Å². The van der Waals surface area contributed by atoms with E-state index in [0.717, 1.165) is 63.3 Å². The molecule has 0 spiro atoms. The number of para-hydroxylation sites is 1. The molecule has 46 heavy (non-hydrogen) atoms. The normalized spacial score (nSPS) is 14.0. The second kappa shape index (κ2) is 13.2. The molecule has 0 atom stereocenters. The van der Waals surface area contributed by atoms with Crippen LogP contribution in [-0.2, 0) is 22.0 Å². The van der Waals surface area contributed by atoms with Gasteiger partial charge in [0.15, 0.2) is 5.65 Å². The summed E-state index contributed by atoms with van der Waals surface area (Å²) >= 11 is 1.66. The van der Waals surface area contributed by atoms with Gasteiger partial charge in [0.2, 0.25) is 5.82 Å². The molecule has 0 bridgehead atoms. The first-order valence-corrected chi connectivity index (χ1v) is 20.1. The van der Waals surface area contributed by atoms with Gasteiger partial charge >= 0.3 is 0 Å². The van der Waals surface area contributed by atoms with Crippen LogP contribution in [0.5, 0.6) is 0 Å². The number of anilines is 1. The van der Waals surface area contributed by atoms with Crippen molar-refractivity contribution in [1.29, 1.82) is 0 Å². The fraction of sp³-hybridized carbons (Fsp3) is 0.344. The van der Waals surface area contributed by atoms with Crippen LogP contribution in [0.4, 0.5) is 5.69 Å². The van der Waals surface area contributed by atoms with Crippen molar-refractivity contribution in [3.63, 3.8) is 0 Å². The zero-order chi connectivity index (χ0) is 31.5. The van der Waals surface area contributed by atoms with Crippen molar-refractivity contribution in [3.8, 4) is 22.8 Å². The van der Waals surface area contributed by atoms with Crippen molar-refractivity contribution in [2.45, 2.75) is 43.2 Å². The van der Waals surface area contributed by atoms with E-state index in [1.807, 2.05) is 53.3 Å². The summed E-state index contributed by atoms with van der Waals surface area (Å²) in [7, 11) is -1.19. The predicted octanol–water partition coefficient (Wildman–Crippen LogP) is 5.43. The Morgan fingerprint density at radius 3 is 2.67 bits per heavy atom.